The molecule has 0 radical (unpaired) electrons. The molecular formula is C25H25F3N2O2. The van der Waals surface area contributed by atoms with Crippen LogP contribution in [0.15, 0.2) is 67.0 Å². The number of alkyl halides is 3. The highest BCUT2D eigenvalue weighted by atomic mass is 19.4. The van der Waals surface area contributed by atoms with E-state index in [0.717, 1.165) is 49.1 Å². The van der Waals surface area contributed by atoms with Crippen LogP contribution in [0, 0.1) is 0 Å². The number of ether oxygens (including phenoxy) is 2. The minimum atomic E-state index is -4.39. The number of halogens is 3. The number of nitrogens with zero attached hydrogens (tertiary/aromatic N) is 2. The van der Waals surface area contributed by atoms with Crippen LogP contribution in [0.1, 0.15) is 36.8 Å². The highest BCUT2D eigenvalue weighted by molar-refractivity contribution is 5.73. The fourth-order valence-electron chi connectivity index (χ4n) is 3.99. The molecule has 0 bridgehead atoms. The SMILES string of the molecule is COc1cccc(N(Cc2cccnc2)c2ccc(C(F)(F)F)cc2)c1OC1CCCC1. The van der Waals surface area contributed by atoms with Crippen LogP contribution in [-0.4, -0.2) is 18.2 Å². The van der Waals surface area contributed by atoms with Crippen LogP contribution in [0.25, 0.3) is 0 Å². The average molecular weight is 442 g/mol. The molecule has 0 aliphatic heterocycles. The zero-order valence-corrected chi connectivity index (χ0v) is 17.8. The van der Waals surface area contributed by atoms with Crippen molar-refractivity contribution in [1.82, 2.24) is 4.98 Å². The Morgan fingerprint density at radius 2 is 1.75 bits per heavy atom. The lowest BCUT2D eigenvalue weighted by atomic mass is 10.1. The van der Waals surface area contributed by atoms with Crippen LogP contribution in [0.3, 0.4) is 0 Å². The fraction of sp³-hybridized carbons (Fsp3) is 0.320. The first kappa shape index (κ1) is 22.0. The summed E-state index contributed by atoms with van der Waals surface area (Å²) < 4.78 is 51.3. The summed E-state index contributed by atoms with van der Waals surface area (Å²) in [5.41, 5.74) is 1.59. The van der Waals surface area contributed by atoms with Crippen molar-refractivity contribution in [2.75, 3.05) is 12.0 Å². The van der Waals surface area contributed by atoms with Crippen molar-refractivity contribution >= 4 is 11.4 Å². The van der Waals surface area contributed by atoms with E-state index in [-0.39, 0.29) is 6.10 Å². The Kier molecular flexibility index (Phi) is 6.53. The molecule has 4 nitrogen and oxygen atoms in total. The van der Waals surface area contributed by atoms with Crippen molar-refractivity contribution < 1.29 is 22.6 Å². The second kappa shape index (κ2) is 9.51. The third-order valence-electron chi connectivity index (χ3n) is 5.63. The Balaban J connectivity index is 1.77. The van der Waals surface area contributed by atoms with Crippen LogP contribution >= 0.6 is 0 Å². The van der Waals surface area contributed by atoms with Gasteiger partial charge in [-0.1, -0.05) is 12.1 Å². The van der Waals surface area contributed by atoms with Crippen molar-refractivity contribution in [1.29, 1.82) is 0 Å². The van der Waals surface area contributed by atoms with Gasteiger partial charge in [0.2, 0.25) is 0 Å². The molecule has 0 unspecified atom stereocenters. The van der Waals surface area contributed by atoms with Gasteiger partial charge in [-0.25, -0.2) is 0 Å². The first-order valence-electron chi connectivity index (χ1n) is 10.6. The van der Waals surface area contributed by atoms with Crippen LogP contribution in [0.4, 0.5) is 24.5 Å². The van der Waals surface area contributed by atoms with Crippen molar-refractivity contribution in [2.24, 2.45) is 0 Å². The van der Waals surface area contributed by atoms with E-state index in [0.29, 0.717) is 23.7 Å². The Hall–Kier alpha value is -3.22. The van der Waals surface area contributed by atoms with E-state index in [2.05, 4.69) is 4.98 Å². The molecule has 4 rings (SSSR count). The topological polar surface area (TPSA) is 34.6 Å². The summed E-state index contributed by atoms with van der Waals surface area (Å²) in [4.78, 5) is 6.11. The predicted octanol–water partition coefficient (Wildman–Crippen LogP) is 6.77. The zero-order chi connectivity index (χ0) is 22.6. The van der Waals surface area contributed by atoms with E-state index >= 15 is 0 Å². The number of hydrogen-bond donors (Lipinski definition) is 0. The molecule has 1 aliphatic carbocycles. The fourth-order valence-corrected chi connectivity index (χ4v) is 3.99. The van der Waals surface area contributed by atoms with Gasteiger partial charge in [-0.05, 0) is 73.7 Å². The van der Waals surface area contributed by atoms with Crippen molar-refractivity contribution in [2.45, 2.75) is 44.5 Å². The molecule has 0 spiro atoms. The smallest absolute Gasteiger partial charge is 0.416 e. The highest BCUT2D eigenvalue weighted by Gasteiger charge is 2.30. The van der Waals surface area contributed by atoms with E-state index in [4.69, 9.17) is 9.47 Å². The van der Waals surface area contributed by atoms with Crippen LogP contribution < -0.4 is 14.4 Å². The Labute approximate surface area is 185 Å². The average Bonchev–Trinajstić information content (AvgIpc) is 3.31. The van der Waals surface area contributed by atoms with Gasteiger partial charge in [0, 0.05) is 24.6 Å². The monoisotopic (exact) mass is 442 g/mol. The van der Waals surface area contributed by atoms with Crippen molar-refractivity contribution in [3.63, 3.8) is 0 Å². The molecule has 1 aromatic heterocycles. The number of para-hydroxylation sites is 1. The number of aromatic nitrogens is 1. The van der Waals surface area contributed by atoms with Gasteiger partial charge in [-0.2, -0.15) is 13.2 Å². The van der Waals surface area contributed by atoms with Crippen LogP contribution in [0.2, 0.25) is 0 Å². The number of hydrogen-bond acceptors (Lipinski definition) is 4. The zero-order valence-electron chi connectivity index (χ0n) is 17.8. The molecule has 7 heteroatoms. The van der Waals surface area contributed by atoms with E-state index < -0.39 is 11.7 Å². The van der Waals surface area contributed by atoms with Gasteiger partial charge < -0.3 is 14.4 Å². The van der Waals surface area contributed by atoms with E-state index in [1.54, 1.807) is 19.5 Å². The molecular weight excluding hydrogens is 417 g/mol. The first-order chi connectivity index (χ1) is 15.5. The Morgan fingerprint density at radius 3 is 2.38 bits per heavy atom. The van der Waals surface area contributed by atoms with Crippen molar-refractivity contribution in [3.8, 4) is 11.5 Å². The van der Waals surface area contributed by atoms with Crippen molar-refractivity contribution in [3.05, 3.63) is 78.1 Å². The maximum Gasteiger partial charge on any atom is 0.416 e. The maximum atomic E-state index is 13.1. The number of methoxy groups -OCH3 is 1. The molecule has 1 aliphatic rings. The molecule has 2 aromatic carbocycles. The van der Waals surface area contributed by atoms with E-state index in [1.807, 2.05) is 35.2 Å². The molecule has 32 heavy (non-hydrogen) atoms. The minimum Gasteiger partial charge on any atom is -0.493 e. The largest absolute Gasteiger partial charge is 0.493 e. The molecule has 1 fully saturated rings. The standard InChI is InChI=1S/C25H25F3N2O2/c1-31-23-10-4-9-22(24(23)32-21-7-2-3-8-21)30(17-18-6-5-15-29-16-18)20-13-11-19(12-14-20)25(26,27)28/h4-6,9-16,21H,2-3,7-8,17H2,1H3. The van der Waals surface area contributed by atoms with Gasteiger partial charge in [0.15, 0.2) is 11.5 Å². The molecule has 1 heterocycles. The second-order valence-electron chi connectivity index (χ2n) is 7.82. The quantitative estimate of drug-likeness (QED) is 0.404. The van der Waals surface area contributed by atoms with E-state index in [1.165, 1.54) is 12.1 Å². The lowest BCUT2D eigenvalue weighted by molar-refractivity contribution is -0.137. The summed E-state index contributed by atoms with van der Waals surface area (Å²) in [5, 5.41) is 0. The Bertz CT molecular complexity index is 1020. The summed E-state index contributed by atoms with van der Waals surface area (Å²) in [6, 6.07) is 14.5. The van der Waals surface area contributed by atoms with Crippen LogP contribution in [0.5, 0.6) is 11.5 Å². The first-order valence-corrected chi connectivity index (χ1v) is 10.6. The maximum absolute atomic E-state index is 13.1. The number of anilines is 2. The summed E-state index contributed by atoms with van der Waals surface area (Å²) in [6.45, 7) is 0.410. The molecule has 0 atom stereocenters. The lowest BCUT2D eigenvalue weighted by Gasteiger charge is -2.29. The normalized spacial score (nSPS) is 14.4. The number of rotatable bonds is 7. The third kappa shape index (κ3) is 4.98. The number of benzene rings is 2. The predicted molar refractivity (Wildman–Crippen MR) is 117 cm³/mol. The van der Waals surface area contributed by atoms with Gasteiger partial charge in [-0.15, -0.1) is 0 Å². The molecule has 168 valence electrons. The summed E-state index contributed by atoms with van der Waals surface area (Å²) in [5.74, 6) is 1.20. The molecule has 0 saturated heterocycles. The van der Waals surface area contributed by atoms with E-state index in [9.17, 15) is 13.2 Å². The van der Waals surface area contributed by atoms with Gasteiger partial charge in [0.1, 0.15) is 0 Å². The van der Waals surface area contributed by atoms with Gasteiger partial charge >= 0.3 is 6.18 Å². The molecule has 0 N–H and O–H groups in total. The van der Waals surface area contributed by atoms with Gasteiger partial charge in [0.05, 0.1) is 24.5 Å². The summed E-state index contributed by atoms with van der Waals surface area (Å²) >= 11 is 0. The molecule has 3 aromatic rings. The highest BCUT2D eigenvalue weighted by Crippen LogP contribution is 2.43. The summed E-state index contributed by atoms with van der Waals surface area (Å²) in [7, 11) is 1.59. The van der Waals surface area contributed by atoms with Crippen LogP contribution in [-0.2, 0) is 12.7 Å². The summed E-state index contributed by atoms with van der Waals surface area (Å²) in [6.07, 6.45) is 3.32. The number of pyridine rings is 1. The molecule has 0 amide bonds. The Morgan fingerprint density at radius 1 is 1.00 bits per heavy atom. The lowest BCUT2D eigenvalue weighted by Crippen LogP contribution is -2.20. The van der Waals surface area contributed by atoms with Gasteiger partial charge in [-0.3, -0.25) is 4.98 Å². The minimum absolute atomic E-state index is 0.0953. The third-order valence-corrected chi connectivity index (χ3v) is 5.63. The van der Waals surface area contributed by atoms with Gasteiger partial charge in [0.25, 0.3) is 0 Å². The molecule has 1 saturated carbocycles. The second-order valence-corrected chi connectivity index (χ2v) is 7.82.